The van der Waals surface area contributed by atoms with Crippen molar-refractivity contribution in [3.05, 3.63) is 0 Å². The maximum Gasteiger partial charge on any atom is 0.279 e. The van der Waals surface area contributed by atoms with Crippen molar-refractivity contribution in [3.63, 3.8) is 0 Å². The lowest BCUT2D eigenvalue weighted by Gasteiger charge is -2.30. The number of hydrogen-bond acceptors (Lipinski definition) is 5. The van der Waals surface area contributed by atoms with E-state index >= 15 is 0 Å². The van der Waals surface area contributed by atoms with Crippen LogP contribution in [0, 0.1) is 0 Å². The summed E-state index contributed by atoms with van der Waals surface area (Å²) in [5.74, 6) is 0. The van der Waals surface area contributed by atoms with Crippen molar-refractivity contribution in [1.82, 2.24) is 19.2 Å². The average molecular weight is 322 g/mol. The Morgan fingerprint density at radius 2 is 2.14 bits per heavy atom. The van der Waals surface area contributed by atoms with Crippen molar-refractivity contribution in [3.8, 4) is 0 Å². The van der Waals surface area contributed by atoms with Gasteiger partial charge in [0.1, 0.15) is 0 Å². The summed E-state index contributed by atoms with van der Waals surface area (Å²) in [6, 6.07) is 0.422. The van der Waals surface area contributed by atoms with E-state index in [0.29, 0.717) is 25.7 Å². The highest BCUT2D eigenvalue weighted by Gasteiger charge is 2.22. The third-order valence-electron chi connectivity index (χ3n) is 3.45. The molecule has 7 nitrogen and oxygen atoms in total. The van der Waals surface area contributed by atoms with Crippen LogP contribution in [0.1, 0.15) is 20.3 Å². The molecule has 1 rings (SSSR count). The lowest BCUT2D eigenvalue weighted by molar-refractivity contribution is -0.0157. The van der Waals surface area contributed by atoms with Crippen molar-refractivity contribution in [2.45, 2.75) is 32.4 Å². The summed E-state index contributed by atoms with van der Waals surface area (Å²) < 4.78 is 33.8. The Labute approximate surface area is 129 Å². The number of hydrogen-bond donors (Lipinski definition) is 2. The van der Waals surface area contributed by atoms with Crippen LogP contribution >= 0.6 is 0 Å². The van der Waals surface area contributed by atoms with Gasteiger partial charge < -0.3 is 15.0 Å². The van der Waals surface area contributed by atoms with E-state index in [4.69, 9.17) is 4.74 Å². The van der Waals surface area contributed by atoms with Gasteiger partial charge in [0.15, 0.2) is 0 Å². The summed E-state index contributed by atoms with van der Waals surface area (Å²) >= 11 is 0. The molecule has 0 aromatic heterocycles. The van der Waals surface area contributed by atoms with Gasteiger partial charge >= 0.3 is 0 Å². The quantitative estimate of drug-likeness (QED) is 0.558. The molecule has 8 heteroatoms. The Kier molecular flexibility index (Phi) is 8.07. The van der Waals surface area contributed by atoms with Gasteiger partial charge in [-0.15, -0.1) is 0 Å². The molecule has 1 saturated heterocycles. The first-order chi connectivity index (χ1) is 9.81. The monoisotopic (exact) mass is 322 g/mol. The first-order valence-corrected chi connectivity index (χ1v) is 8.99. The Morgan fingerprint density at radius 3 is 2.76 bits per heavy atom. The number of ether oxygens (including phenoxy) is 1. The summed E-state index contributed by atoms with van der Waals surface area (Å²) in [7, 11) is 0.194. The SMILES string of the molecule is CC(C)NCCCN(C)S(=O)(=O)NCC1CN(C)CCO1. The Hall–Kier alpha value is -0.250. The van der Waals surface area contributed by atoms with Crippen LogP contribution in [0.3, 0.4) is 0 Å². The topological polar surface area (TPSA) is 73.9 Å². The molecule has 0 bridgehead atoms. The molecule has 126 valence electrons. The van der Waals surface area contributed by atoms with E-state index in [9.17, 15) is 8.42 Å². The first-order valence-electron chi connectivity index (χ1n) is 7.55. The van der Waals surface area contributed by atoms with Gasteiger partial charge in [0, 0.05) is 39.3 Å². The highest BCUT2D eigenvalue weighted by atomic mass is 32.2. The van der Waals surface area contributed by atoms with Crippen LogP contribution < -0.4 is 10.0 Å². The number of likely N-dealkylation sites (N-methyl/N-ethyl adjacent to an activating group) is 1. The molecule has 1 unspecified atom stereocenters. The summed E-state index contributed by atoms with van der Waals surface area (Å²) in [6.45, 7) is 8.08. The summed E-state index contributed by atoms with van der Waals surface area (Å²) in [5.41, 5.74) is 0. The Balaban J connectivity index is 2.27. The highest BCUT2D eigenvalue weighted by molar-refractivity contribution is 7.87. The maximum atomic E-state index is 12.1. The zero-order chi connectivity index (χ0) is 15.9. The molecule has 1 aliphatic rings. The molecule has 2 N–H and O–H groups in total. The van der Waals surface area contributed by atoms with E-state index in [1.807, 2.05) is 7.05 Å². The zero-order valence-electron chi connectivity index (χ0n) is 13.6. The number of rotatable bonds is 9. The molecule has 0 saturated carbocycles. The second-order valence-corrected chi connectivity index (χ2v) is 7.75. The fourth-order valence-corrected chi connectivity index (χ4v) is 3.10. The Bertz CT molecular complexity index is 389. The molecule has 0 aromatic rings. The summed E-state index contributed by atoms with van der Waals surface area (Å²) in [4.78, 5) is 2.14. The molecule has 0 aromatic carbocycles. The zero-order valence-corrected chi connectivity index (χ0v) is 14.4. The first kappa shape index (κ1) is 18.8. The van der Waals surface area contributed by atoms with Crippen molar-refractivity contribution in [2.24, 2.45) is 0 Å². The van der Waals surface area contributed by atoms with E-state index in [1.165, 1.54) is 4.31 Å². The van der Waals surface area contributed by atoms with Crippen molar-refractivity contribution < 1.29 is 13.2 Å². The fraction of sp³-hybridized carbons (Fsp3) is 1.00. The third-order valence-corrected chi connectivity index (χ3v) is 4.98. The number of nitrogens with zero attached hydrogens (tertiary/aromatic N) is 2. The minimum Gasteiger partial charge on any atom is -0.374 e. The normalized spacial score (nSPS) is 21.3. The van der Waals surface area contributed by atoms with Crippen molar-refractivity contribution in [2.75, 3.05) is 53.4 Å². The van der Waals surface area contributed by atoms with Gasteiger partial charge in [-0.1, -0.05) is 13.8 Å². The molecule has 0 spiro atoms. The van der Waals surface area contributed by atoms with Crippen molar-refractivity contribution in [1.29, 1.82) is 0 Å². The Morgan fingerprint density at radius 1 is 1.43 bits per heavy atom. The van der Waals surface area contributed by atoms with E-state index in [0.717, 1.165) is 26.1 Å². The number of nitrogens with one attached hydrogen (secondary N) is 2. The molecule has 1 heterocycles. The predicted molar refractivity (Wildman–Crippen MR) is 84.5 cm³/mol. The molecule has 0 aliphatic carbocycles. The second-order valence-electron chi connectivity index (χ2n) is 5.89. The van der Waals surface area contributed by atoms with Crippen molar-refractivity contribution >= 4 is 10.2 Å². The lowest BCUT2D eigenvalue weighted by Crippen LogP contribution is -2.48. The van der Waals surface area contributed by atoms with Gasteiger partial charge in [-0.25, -0.2) is 0 Å². The van der Waals surface area contributed by atoms with Crippen LogP contribution in [0.15, 0.2) is 0 Å². The van der Waals surface area contributed by atoms with E-state index < -0.39 is 10.2 Å². The van der Waals surface area contributed by atoms with E-state index in [2.05, 4.69) is 28.8 Å². The van der Waals surface area contributed by atoms with Crippen LogP contribution in [-0.4, -0.2) is 83.2 Å². The molecule has 0 radical (unpaired) electrons. The third kappa shape index (κ3) is 7.53. The molecular weight excluding hydrogens is 292 g/mol. The van der Waals surface area contributed by atoms with Gasteiger partial charge in [-0.3, -0.25) is 0 Å². The predicted octanol–water partition coefficient (Wildman–Crippen LogP) is -0.529. The fourth-order valence-electron chi connectivity index (χ4n) is 2.11. The standard InChI is InChI=1S/C13H30N4O3S/c1-12(2)14-6-5-7-17(4)21(18,19)15-10-13-11-16(3)8-9-20-13/h12-15H,5-11H2,1-4H3. The van der Waals surface area contributed by atoms with Gasteiger partial charge in [-0.2, -0.15) is 17.4 Å². The van der Waals surface area contributed by atoms with Crippen LogP contribution in [0.25, 0.3) is 0 Å². The van der Waals surface area contributed by atoms with Gasteiger partial charge in [-0.05, 0) is 20.0 Å². The molecule has 1 fully saturated rings. The highest BCUT2D eigenvalue weighted by Crippen LogP contribution is 2.03. The van der Waals surface area contributed by atoms with E-state index in [1.54, 1.807) is 7.05 Å². The summed E-state index contributed by atoms with van der Waals surface area (Å²) in [5, 5.41) is 3.27. The average Bonchev–Trinajstić information content (AvgIpc) is 2.41. The minimum absolute atomic E-state index is 0.0745. The smallest absolute Gasteiger partial charge is 0.279 e. The van der Waals surface area contributed by atoms with Gasteiger partial charge in [0.25, 0.3) is 10.2 Å². The molecule has 1 atom stereocenters. The molecular formula is C13H30N4O3S. The summed E-state index contributed by atoms with van der Waals surface area (Å²) in [6.07, 6.45) is 0.715. The van der Waals surface area contributed by atoms with Crippen LogP contribution in [-0.2, 0) is 14.9 Å². The van der Waals surface area contributed by atoms with E-state index in [-0.39, 0.29) is 6.10 Å². The van der Waals surface area contributed by atoms with Gasteiger partial charge in [0.2, 0.25) is 0 Å². The van der Waals surface area contributed by atoms with Crippen LogP contribution in [0.2, 0.25) is 0 Å². The maximum absolute atomic E-state index is 12.1. The minimum atomic E-state index is -3.42. The number of morpholine rings is 1. The lowest BCUT2D eigenvalue weighted by atomic mass is 10.3. The molecule has 1 aliphatic heterocycles. The molecule has 0 amide bonds. The second kappa shape index (κ2) is 9.02. The largest absolute Gasteiger partial charge is 0.374 e. The van der Waals surface area contributed by atoms with Crippen LogP contribution in [0.5, 0.6) is 0 Å². The molecule has 21 heavy (non-hydrogen) atoms. The van der Waals surface area contributed by atoms with Crippen LogP contribution in [0.4, 0.5) is 0 Å². The van der Waals surface area contributed by atoms with Gasteiger partial charge in [0.05, 0.1) is 12.7 Å².